The molecule has 0 aliphatic heterocycles. The molecule has 1 heterocycles. The predicted octanol–water partition coefficient (Wildman–Crippen LogP) is -0.989. The summed E-state index contributed by atoms with van der Waals surface area (Å²) < 4.78 is 6.02. The molecule has 116 valence electrons. The maximum absolute atomic E-state index is 11.7. The van der Waals surface area contributed by atoms with Gasteiger partial charge < -0.3 is 15.2 Å². The van der Waals surface area contributed by atoms with Crippen LogP contribution < -0.4 is 10.6 Å². The molecule has 0 aliphatic carbocycles. The van der Waals surface area contributed by atoms with E-state index in [0.717, 1.165) is 4.68 Å². The van der Waals surface area contributed by atoms with Gasteiger partial charge in [-0.05, 0) is 6.92 Å². The quantitative estimate of drug-likeness (QED) is 0.588. The van der Waals surface area contributed by atoms with Gasteiger partial charge in [0.2, 0.25) is 5.91 Å². The Bertz CT molecular complexity index is 527. The topological polar surface area (TPSA) is 135 Å². The average molecular weight is 299 g/mol. The summed E-state index contributed by atoms with van der Waals surface area (Å²) in [6, 6.07) is -0.625. The number of methoxy groups -OCH3 is 1. The van der Waals surface area contributed by atoms with Crippen LogP contribution in [-0.2, 0) is 22.5 Å². The summed E-state index contributed by atoms with van der Waals surface area (Å²) in [5.41, 5.74) is 0.0215. The van der Waals surface area contributed by atoms with Crippen LogP contribution >= 0.6 is 0 Å². The van der Waals surface area contributed by atoms with Crippen molar-refractivity contribution in [3.63, 3.8) is 0 Å². The number of urea groups is 1. The van der Waals surface area contributed by atoms with E-state index in [9.17, 15) is 14.4 Å². The molecule has 10 nitrogen and oxygen atoms in total. The molecule has 0 aliphatic rings. The fourth-order valence-electron chi connectivity index (χ4n) is 1.58. The first-order chi connectivity index (χ1) is 9.99. The number of carboxylic acids is 1. The van der Waals surface area contributed by atoms with Gasteiger partial charge in [-0.2, -0.15) is 0 Å². The number of hydrogen-bond donors (Lipinski definition) is 3. The standard InChI is InChI=1S/C11H17N5O5/c1-3-12-11(20)13-8(17)6-16-7(4-5-21-2)9(10(18)19)14-15-16/h3-6H2,1-2H3,(H,18,19)(H2,12,13,17,20). The zero-order valence-corrected chi connectivity index (χ0v) is 11.8. The minimum atomic E-state index is -1.24. The fraction of sp³-hybridized carbons (Fsp3) is 0.545. The molecule has 0 unspecified atom stereocenters. The molecule has 0 fully saturated rings. The zero-order chi connectivity index (χ0) is 15.8. The van der Waals surface area contributed by atoms with Crippen LogP contribution in [0.1, 0.15) is 23.1 Å². The minimum Gasteiger partial charge on any atom is -0.476 e. The molecule has 0 spiro atoms. The van der Waals surface area contributed by atoms with Crippen LogP contribution in [-0.4, -0.2) is 58.3 Å². The number of rotatable bonds is 7. The van der Waals surface area contributed by atoms with Gasteiger partial charge in [0, 0.05) is 20.1 Å². The Morgan fingerprint density at radius 3 is 2.67 bits per heavy atom. The normalized spacial score (nSPS) is 10.2. The van der Waals surface area contributed by atoms with Crippen molar-refractivity contribution in [3.8, 4) is 0 Å². The lowest BCUT2D eigenvalue weighted by molar-refractivity contribution is -0.120. The van der Waals surface area contributed by atoms with E-state index < -0.39 is 17.9 Å². The number of ether oxygens (including phenoxy) is 1. The molecule has 1 rings (SSSR count). The molecular formula is C11H17N5O5. The third-order valence-corrected chi connectivity index (χ3v) is 2.47. The Kier molecular flexibility index (Phi) is 6.27. The van der Waals surface area contributed by atoms with Gasteiger partial charge in [0.1, 0.15) is 6.54 Å². The third kappa shape index (κ3) is 4.84. The first-order valence-corrected chi connectivity index (χ1v) is 6.21. The van der Waals surface area contributed by atoms with Gasteiger partial charge >= 0.3 is 12.0 Å². The summed E-state index contributed by atoms with van der Waals surface area (Å²) in [6.45, 7) is 2.04. The van der Waals surface area contributed by atoms with Gasteiger partial charge in [-0.25, -0.2) is 14.3 Å². The van der Waals surface area contributed by atoms with Crippen LogP contribution in [0.3, 0.4) is 0 Å². The number of aromatic carboxylic acids is 1. The Morgan fingerprint density at radius 1 is 1.38 bits per heavy atom. The van der Waals surface area contributed by atoms with Crippen LogP contribution in [0.4, 0.5) is 4.79 Å². The Balaban J connectivity index is 2.80. The average Bonchev–Trinajstić information content (AvgIpc) is 2.79. The van der Waals surface area contributed by atoms with Crippen molar-refractivity contribution < 1.29 is 24.2 Å². The summed E-state index contributed by atoms with van der Waals surface area (Å²) in [6.07, 6.45) is 0.236. The highest BCUT2D eigenvalue weighted by atomic mass is 16.5. The summed E-state index contributed by atoms with van der Waals surface area (Å²) in [4.78, 5) is 33.9. The highest BCUT2D eigenvalue weighted by molar-refractivity contribution is 5.94. The number of hydrogen-bond acceptors (Lipinski definition) is 6. The van der Waals surface area contributed by atoms with Gasteiger partial charge in [-0.1, -0.05) is 5.21 Å². The number of carbonyl (C=O) groups is 3. The van der Waals surface area contributed by atoms with Gasteiger partial charge in [0.05, 0.1) is 12.3 Å². The number of carbonyl (C=O) groups excluding carboxylic acids is 2. The van der Waals surface area contributed by atoms with Crippen molar-refractivity contribution in [1.82, 2.24) is 25.6 Å². The Hall–Kier alpha value is -2.49. The second kappa shape index (κ2) is 7.94. The van der Waals surface area contributed by atoms with Crippen molar-refractivity contribution >= 4 is 17.9 Å². The SMILES string of the molecule is CCNC(=O)NC(=O)Cn1nnc(C(=O)O)c1CCOC. The molecule has 3 amide bonds. The van der Waals surface area contributed by atoms with Gasteiger partial charge in [0.15, 0.2) is 5.69 Å². The highest BCUT2D eigenvalue weighted by Gasteiger charge is 2.20. The first-order valence-electron chi connectivity index (χ1n) is 6.21. The summed E-state index contributed by atoms with van der Waals surface area (Å²) in [5.74, 6) is -1.86. The van der Waals surface area contributed by atoms with Crippen molar-refractivity contribution in [2.24, 2.45) is 0 Å². The molecule has 0 aromatic carbocycles. The monoisotopic (exact) mass is 299 g/mol. The maximum atomic E-state index is 11.7. The summed E-state index contributed by atoms with van der Waals surface area (Å²) in [5, 5.41) is 20.6. The highest BCUT2D eigenvalue weighted by Crippen LogP contribution is 2.07. The number of imide groups is 1. The van der Waals surface area contributed by atoms with E-state index in [1.54, 1.807) is 6.92 Å². The number of carboxylic acid groups (broad SMARTS) is 1. The lowest BCUT2D eigenvalue weighted by Gasteiger charge is -2.07. The number of nitrogens with zero attached hydrogens (tertiary/aromatic N) is 3. The number of nitrogens with one attached hydrogen (secondary N) is 2. The molecule has 0 saturated carbocycles. The van der Waals surface area contributed by atoms with E-state index in [0.29, 0.717) is 6.54 Å². The van der Waals surface area contributed by atoms with Crippen LogP contribution in [0, 0.1) is 0 Å². The molecule has 1 aromatic heterocycles. The minimum absolute atomic E-state index is 0.236. The largest absolute Gasteiger partial charge is 0.476 e. The summed E-state index contributed by atoms with van der Waals surface area (Å²) >= 11 is 0. The molecule has 0 saturated heterocycles. The Labute approximate surface area is 120 Å². The second-order valence-corrected chi connectivity index (χ2v) is 4.00. The smallest absolute Gasteiger partial charge is 0.358 e. The lowest BCUT2D eigenvalue weighted by Crippen LogP contribution is -2.41. The van der Waals surface area contributed by atoms with Gasteiger partial charge in [0.25, 0.3) is 0 Å². The molecule has 10 heteroatoms. The lowest BCUT2D eigenvalue weighted by atomic mass is 10.2. The van der Waals surface area contributed by atoms with E-state index in [1.807, 2.05) is 0 Å². The maximum Gasteiger partial charge on any atom is 0.358 e. The van der Waals surface area contributed by atoms with Crippen molar-refractivity contribution in [3.05, 3.63) is 11.4 Å². The second-order valence-electron chi connectivity index (χ2n) is 4.00. The molecule has 0 atom stereocenters. The van der Waals surface area contributed by atoms with Crippen LogP contribution in [0.5, 0.6) is 0 Å². The third-order valence-electron chi connectivity index (χ3n) is 2.47. The predicted molar refractivity (Wildman–Crippen MR) is 69.8 cm³/mol. The number of amides is 3. The van der Waals surface area contributed by atoms with E-state index in [4.69, 9.17) is 9.84 Å². The van der Waals surface area contributed by atoms with Crippen molar-refractivity contribution in [2.45, 2.75) is 19.9 Å². The zero-order valence-electron chi connectivity index (χ0n) is 11.8. The van der Waals surface area contributed by atoms with Crippen molar-refractivity contribution in [2.75, 3.05) is 20.3 Å². The number of aromatic nitrogens is 3. The van der Waals surface area contributed by atoms with E-state index in [1.165, 1.54) is 7.11 Å². The van der Waals surface area contributed by atoms with E-state index >= 15 is 0 Å². The molecule has 0 bridgehead atoms. The van der Waals surface area contributed by atoms with Gasteiger partial charge in [-0.15, -0.1) is 5.10 Å². The molecule has 0 radical (unpaired) electrons. The van der Waals surface area contributed by atoms with Crippen LogP contribution in [0.2, 0.25) is 0 Å². The van der Waals surface area contributed by atoms with Crippen LogP contribution in [0.15, 0.2) is 0 Å². The molecular weight excluding hydrogens is 282 g/mol. The van der Waals surface area contributed by atoms with Crippen LogP contribution in [0.25, 0.3) is 0 Å². The van der Waals surface area contributed by atoms with Crippen molar-refractivity contribution in [1.29, 1.82) is 0 Å². The van der Waals surface area contributed by atoms with Gasteiger partial charge in [-0.3, -0.25) is 10.1 Å². The first kappa shape index (κ1) is 16.6. The van der Waals surface area contributed by atoms with E-state index in [2.05, 4.69) is 20.9 Å². The summed E-state index contributed by atoms with van der Waals surface area (Å²) in [7, 11) is 1.47. The van der Waals surface area contributed by atoms with E-state index in [-0.39, 0.29) is 31.0 Å². The molecule has 3 N–H and O–H groups in total. The molecule has 1 aromatic rings. The fourth-order valence-corrected chi connectivity index (χ4v) is 1.58. The molecule has 21 heavy (non-hydrogen) atoms. The Morgan fingerprint density at radius 2 is 2.10 bits per heavy atom.